The van der Waals surface area contributed by atoms with Crippen molar-refractivity contribution in [2.45, 2.75) is 4.90 Å². The van der Waals surface area contributed by atoms with E-state index in [2.05, 4.69) is 4.90 Å². The first kappa shape index (κ1) is 18.6. The fraction of sp³-hybridized carbons (Fsp3) is 0.562. The highest BCUT2D eigenvalue weighted by Crippen LogP contribution is 2.27. The second-order valence-corrected chi connectivity index (χ2v) is 8.57. The summed E-state index contributed by atoms with van der Waals surface area (Å²) in [4.78, 5) is 16.6. The van der Waals surface area contributed by atoms with Crippen LogP contribution in [0.4, 0.5) is 0 Å². The summed E-state index contributed by atoms with van der Waals surface area (Å²) >= 11 is 6.14. The number of likely N-dealkylation sites (N-methyl/N-ethyl adjacent to an activating group) is 1. The van der Waals surface area contributed by atoms with Crippen molar-refractivity contribution in [1.29, 1.82) is 0 Å². The molecule has 0 aromatic heterocycles. The lowest BCUT2D eigenvalue weighted by Gasteiger charge is -2.32. The van der Waals surface area contributed by atoms with Gasteiger partial charge in [0, 0.05) is 44.8 Å². The third-order valence-corrected chi connectivity index (χ3v) is 6.94. The number of ether oxygens (including phenoxy) is 1. The minimum absolute atomic E-state index is 0.0176. The lowest BCUT2D eigenvalue weighted by Crippen LogP contribution is -2.47. The monoisotopic (exact) mass is 387 g/mol. The number of sulfonamides is 1. The van der Waals surface area contributed by atoms with Gasteiger partial charge in [-0.15, -0.1) is 0 Å². The van der Waals surface area contributed by atoms with Crippen LogP contribution in [0, 0.1) is 0 Å². The molecule has 1 aromatic rings. The average molecular weight is 388 g/mol. The van der Waals surface area contributed by atoms with Gasteiger partial charge in [-0.1, -0.05) is 11.6 Å². The Bertz CT molecular complexity index is 742. The number of hydrogen-bond acceptors (Lipinski definition) is 5. The van der Waals surface area contributed by atoms with Gasteiger partial charge >= 0.3 is 0 Å². The van der Waals surface area contributed by atoms with Crippen LogP contribution in [-0.4, -0.2) is 88.0 Å². The summed E-state index contributed by atoms with van der Waals surface area (Å²) in [7, 11) is -1.73. The maximum atomic E-state index is 12.9. The Hall–Kier alpha value is -1.19. The summed E-state index contributed by atoms with van der Waals surface area (Å²) in [5.41, 5.74) is 0.348. The Morgan fingerprint density at radius 1 is 1.08 bits per heavy atom. The molecule has 2 saturated heterocycles. The Kier molecular flexibility index (Phi) is 5.65. The first-order valence-corrected chi connectivity index (χ1v) is 10.1. The van der Waals surface area contributed by atoms with Crippen molar-refractivity contribution in [2.24, 2.45) is 0 Å². The molecule has 0 saturated carbocycles. The summed E-state index contributed by atoms with van der Waals surface area (Å²) in [6.07, 6.45) is 0. The predicted molar refractivity (Wildman–Crippen MR) is 94.4 cm³/mol. The number of rotatable bonds is 3. The van der Waals surface area contributed by atoms with Crippen LogP contribution in [-0.2, 0) is 14.8 Å². The quantitative estimate of drug-likeness (QED) is 0.765. The van der Waals surface area contributed by atoms with Gasteiger partial charge in [-0.05, 0) is 25.2 Å². The number of carbonyl (C=O) groups excluding carboxylic acids is 1. The van der Waals surface area contributed by atoms with E-state index in [0.29, 0.717) is 31.9 Å². The van der Waals surface area contributed by atoms with Crippen molar-refractivity contribution in [3.05, 3.63) is 28.8 Å². The van der Waals surface area contributed by atoms with E-state index in [-0.39, 0.29) is 28.9 Å². The van der Waals surface area contributed by atoms with E-state index in [0.717, 1.165) is 13.1 Å². The average Bonchev–Trinajstić information content (AvgIpc) is 2.63. The van der Waals surface area contributed by atoms with Crippen LogP contribution >= 0.6 is 11.6 Å². The van der Waals surface area contributed by atoms with Crippen LogP contribution in [0.3, 0.4) is 0 Å². The van der Waals surface area contributed by atoms with E-state index in [9.17, 15) is 13.2 Å². The van der Waals surface area contributed by atoms with Gasteiger partial charge in [0.05, 0.1) is 18.2 Å². The van der Waals surface area contributed by atoms with Crippen LogP contribution in [0.25, 0.3) is 0 Å². The van der Waals surface area contributed by atoms with Crippen LogP contribution in [0.15, 0.2) is 23.1 Å². The lowest BCUT2D eigenvalue weighted by atomic mass is 10.2. The molecule has 0 spiro atoms. The minimum Gasteiger partial charge on any atom is -0.379 e. The molecule has 25 heavy (non-hydrogen) atoms. The highest BCUT2D eigenvalue weighted by molar-refractivity contribution is 7.89. The third-order valence-electron chi connectivity index (χ3n) is 4.56. The second kappa shape index (κ2) is 7.59. The number of amides is 1. The molecule has 2 aliphatic rings. The van der Waals surface area contributed by atoms with Crippen LogP contribution in [0.2, 0.25) is 5.02 Å². The first-order chi connectivity index (χ1) is 11.9. The molecule has 2 heterocycles. The zero-order valence-electron chi connectivity index (χ0n) is 14.1. The summed E-state index contributed by atoms with van der Waals surface area (Å²) in [6.45, 7) is 4.15. The van der Waals surface area contributed by atoms with Gasteiger partial charge < -0.3 is 14.5 Å². The van der Waals surface area contributed by atoms with Gasteiger partial charge in [0.1, 0.15) is 4.90 Å². The Balaban J connectivity index is 1.86. The Morgan fingerprint density at radius 3 is 2.36 bits per heavy atom. The van der Waals surface area contributed by atoms with Gasteiger partial charge in [0.2, 0.25) is 10.0 Å². The number of hydrogen-bond donors (Lipinski definition) is 0. The number of benzene rings is 1. The van der Waals surface area contributed by atoms with Gasteiger partial charge in [-0.2, -0.15) is 4.31 Å². The van der Waals surface area contributed by atoms with E-state index in [1.54, 1.807) is 11.0 Å². The molecule has 0 N–H and O–H groups in total. The molecule has 0 unspecified atom stereocenters. The zero-order chi connectivity index (χ0) is 18.0. The molecule has 9 heteroatoms. The van der Waals surface area contributed by atoms with Crippen molar-refractivity contribution in [3.63, 3.8) is 0 Å². The van der Waals surface area contributed by atoms with Crippen molar-refractivity contribution < 1.29 is 17.9 Å². The number of piperazine rings is 1. The van der Waals surface area contributed by atoms with Gasteiger partial charge in [-0.3, -0.25) is 4.79 Å². The van der Waals surface area contributed by atoms with Crippen molar-refractivity contribution in [2.75, 3.05) is 59.5 Å². The first-order valence-electron chi connectivity index (χ1n) is 8.25. The van der Waals surface area contributed by atoms with Gasteiger partial charge in [0.15, 0.2) is 0 Å². The molecule has 0 bridgehead atoms. The Labute approximate surface area is 153 Å². The maximum absolute atomic E-state index is 12.9. The summed E-state index contributed by atoms with van der Waals surface area (Å²) < 4.78 is 32.3. The molecule has 7 nitrogen and oxygen atoms in total. The molecular formula is C16H22ClN3O4S. The molecule has 0 aliphatic carbocycles. The van der Waals surface area contributed by atoms with E-state index < -0.39 is 10.0 Å². The molecular weight excluding hydrogens is 366 g/mol. The molecule has 0 atom stereocenters. The van der Waals surface area contributed by atoms with E-state index in [1.165, 1.54) is 16.4 Å². The summed E-state index contributed by atoms with van der Waals surface area (Å²) in [5.74, 6) is -0.164. The van der Waals surface area contributed by atoms with Crippen molar-refractivity contribution in [3.8, 4) is 0 Å². The molecule has 138 valence electrons. The van der Waals surface area contributed by atoms with Crippen molar-refractivity contribution >= 4 is 27.5 Å². The topological polar surface area (TPSA) is 70.2 Å². The Morgan fingerprint density at radius 2 is 1.72 bits per heavy atom. The molecule has 2 fully saturated rings. The fourth-order valence-corrected chi connectivity index (χ4v) is 4.86. The molecule has 1 amide bonds. The fourth-order valence-electron chi connectivity index (χ4n) is 2.95. The highest BCUT2D eigenvalue weighted by Gasteiger charge is 2.30. The molecule has 1 aromatic carbocycles. The SMILES string of the molecule is CN1CCN(C(=O)c2ccc(Cl)c(S(=O)(=O)N3CCOCC3)c2)CC1. The number of morpholine rings is 1. The lowest BCUT2D eigenvalue weighted by molar-refractivity contribution is 0.0663. The predicted octanol–water partition coefficient (Wildman–Crippen LogP) is 0.748. The summed E-state index contributed by atoms with van der Waals surface area (Å²) in [6, 6.07) is 4.47. The number of nitrogens with zero attached hydrogens (tertiary/aromatic N) is 3. The minimum atomic E-state index is -3.75. The zero-order valence-corrected chi connectivity index (χ0v) is 15.7. The van der Waals surface area contributed by atoms with E-state index in [1.807, 2.05) is 7.05 Å². The number of halogens is 1. The molecule has 3 rings (SSSR count). The summed E-state index contributed by atoms with van der Waals surface area (Å²) in [5, 5.41) is 0.126. The standard InChI is InChI=1S/C16H22ClN3O4S/c1-18-4-6-19(7-5-18)16(21)13-2-3-14(17)15(12-13)25(22,23)20-8-10-24-11-9-20/h2-3,12H,4-11H2,1H3. The highest BCUT2D eigenvalue weighted by atomic mass is 35.5. The van der Waals surface area contributed by atoms with Crippen molar-refractivity contribution in [1.82, 2.24) is 14.1 Å². The normalized spacial score (nSPS) is 20.6. The largest absolute Gasteiger partial charge is 0.379 e. The maximum Gasteiger partial charge on any atom is 0.253 e. The van der Waals surface area contributed by atoms with E-state index in [4.69, 9.17) is 16.3 Å². The van der Waals surface area contributed by atoms with Crippen LogP contribution < -0.4 is 0 Å². The van der Waals surface area contributed by atoms with Crippen LogP contribution in [0.1, 0.15) is 10.4 Å². The van der Waals surface area contributed by atoms with Gasteiger partial charge in [0.25, 0.3) is 5.91 Å². The molecule has 2 aliphatic heterocycles. The van der Waals surface area contributed by atoms with E-state index >= 15 is 0 Å². The molecule has 0 radical (unpaired) electrons. The van der Waals surface area contributed by atoms with Gasteiger partial charge in [-0.25, -0.2) is 8.42 Å². The second-order valence-electron chi connectivity index (χ2n) is 6.26. The smallest absolute Gasteiger partial charge is 0.253 e. The number of carbonyl (C=O) groups is 1. The van der Waals surface area contributed by atoms with Crippen LogP contribution in [0.5, 0.6) is 0 Å². The third kappa shape index (κ3) is 3.98.